The van der Waals surface area contributed by atoms with Gasteiger partial charge in [-0.1, -0.05) is 6.92 Å². The lowest BCUT2D eigenvalue weighted by Gasteiger charge is -2.07. The Balaban J connectivity index is 2.56. The van der Waals surface area contributed by atoms with E-state index < -0.39 is 0 Å². The summed E-state index contributed by atoms with van der Waals surface area (Å²) in [5.74, 6) is 1.25. The number of nitrogens with two attached hydrogens (primary N) is 1. The summed E-state index contributed by atoms with van der Waals surface area (Å²) in [5.41, 5.74) is 8.07. The third-order valence-corrected chi connectivity index (χ3v) is 2.81. The molecule has 0 bridgehead atoms. The summed E-state index contributed by atoms with van der Waals surface area (Å²) in [6.45, 7) is 2.78. The quantitative estimate of drug-likeness (QED) is 0.805. The van der Waals surface area contributed by atoms with Crippen LogP contribution in [0.15, 0.2) is 24.4 Å². The minimum atomic E-state index is 0.367. The maximum absolute atomic E-state index is 5.68. The van der Waals surface area contributed by atoms with Crippen LogP contribution in [0.1, 0.15) is 18.4 Å². The minimum Gasteiger partial charge on any atom is -0.497 e. The van der Waals surface area contributed by atoms with E-state index >= 15 is 0 Å². The SMILES string of the molecule is COc1ccc2[nH]cc([C@@H](C)CN)c2c1. The fourth-order valence-electron chi connectivity index (χ4n) is 1.78. The molecule has 0 aliphatic carbocycles. The molecule has 3 nitrogen and oxygen atoms in total. The van der Waals surface area contributed by atoms with E-state index in [9.17, 15) is 0 Å². The van der Waals surface area contributed by atoms with Crippen molar-refractivity contribution in [2.45, 2.75) is 12.8 Å². The maximum atomic E-state index is 5.68. The highest BCUT2D eigenvalue weighted by Crippen LogP contribution is 2.27. The molecule has 3 heteroatoms. The first-order valence-corrected chi connectivity index (χ1v) is 5.11. The highest BCUT2D eigenvalue weighted by atomic mass is 16.5. The number of hydrogen-bond acceptors (Lipinski definition) is 2. The number of H-pyrrole nitrogens is 1. The third kappa shape index (κ3) is 1.70. The van der Waals surface area contributed by atoms with Gasteiger partial charge in [0.05, 0.1) is 7.11 Å². The molecule has 1 atom stereocenters. The van der Waals surface area contributed by atoms with Gasteiger partial charge in [-0.3, -0.25) is 0 Å². The average molecular weight is 204 g/mol. The van der Waals surface area contributed by atoms with Gasteiger partial charge in [-0.15, -0.1) is 0 Å². The number of methoxy groups -OCH3 is 1. The van der Waals surface area contributed by atoms with Crippen molar-refractivity contribution < 1.29 is 4.74 Å². The maximum Gasteiger partial charge on any atom is 0.119 e. The fraction of sp³-hybridized carbons (Fsp3) is 0.333. The van der Waals surface area contributed by atoms with Crippen molar-refractivity contribution in [2.75, 3.05) is 13.7 Å². The van der Waals surface area contributed by atoms with Crippen molar-refractivity contribution in [1.29, 1.82) is 0 Å². The van der Waals surface area contributed by atoms with Gasteiger partial charge in [0, 0.05) is 17.1 Å². The van der Waals surface area contributed by atoms with Crippen LogP contribution in [0, 0.1) is 0 Å². The van der Waals surface area contributed by atoms with Crippen LogP contribution >= 0.6 is 0 Å². The lowest BCUT2D eigenvalue weighted by Crippen LogP contribution is -2.08. The lowest BCUT2D eigenvalue weighted by atomic mass is 10.0. The molecule has 15 heavy (non-hydrogen) atoms. The molecule has 0 aliphatic rings. The highest BCUT2D eigenvalue weighted by Gasteiger charge is 2.10. The summed E-state index contributed by atoms with van der Waals surface area (Å²) in [7, 11) is 1.68. The van der Waals surface area contributed by atoms with Crippen LogP contribution in [-0.4, -0.2) is 18.6 Å². The average Bonchev–Trinajstić information content (AvgIpc) is 2.70. The summed E-state index contributed by atoms with van der Waals surface area (Å²) in [6.07, 6.45) is 2.03. The number of benzene rings is 1. The van der Waals surface area contributed by atoms with E-state index in [4.69, 9.17) is 10.5 Å². The molecule has 0 radical (unpaired) electrons. The summed E-state index contributed by atoms with van der Waals surface area (Å²) >= 11 is 0. The molecule has 0 amide bonds. The number of ether oxygens (including phenoxy) is 1. The van der Waals surface area contributed by atoms with Crippen molar-refractivity contribution >= 4 is 10.9 Å². The zero-order valence-corrected chi connectivity index (χ0v) is 9.08. The molecule has 80 valence electrons. The molecular formula is C12H16N2O. The molecule has 2 rings (SSSR count). The van der Waals surface area contributed by atoms with Gasteiger partial charge in [0.25, 0.3) is 0 Å². The number of hydrogen-bond donors (Lipinski definition) is 2. The Hall–Kier alpha value is -1.48. The lowest BCUT2D eigenvalue weighted by molar-refractivity contribution is 0.415. The molecule has 1 aromatic carbocycles. The Bertz CT molecular complexity index is 462. The molecule has 0 spiro atoms. The predicted octanol–water partition coefficient (Wildman–Crippen LogP) is 2.24. The van der Waals surface area contributed by atoms with E-state index in [-0.39, 0.29) is 0 Å². The first kappa shape index (κ1) is 10.1. The van der Waals surface area contributed by atoms with Gasteiger partial charge in [-0.05, 0) is 36.2 Å². The Kier molecular flexibility index (Phi) is 2.64. The molecule has 0 unspecified atom stereocenters. The van der Waals surface area contributed by atoms with Gasteiger partial charge >= 0.3 is 0 Å². The van der Waals surface area contributed by atoms with Crippen molar-refractivity contribution in [3.8, 4) is 5.75 Å². The second-order valence-electron chi connectivity index (χ2n) is 3.79. The molecule has 0 saturated heterocycles. The zero-order chi connectivity index (χ0) is 10.8. The van der Waals surface area contributed by atoms with Gasteiger partial charge in [0.1, 0.15) is 5.75 Å². The second kappa shape index (κ2) is 3.95. The molecule has 0 aliphatic heterocycles. The van der Waals surface area contributed by atoms with Gasteiger partial charge in [-0.25, -0.2) is 0 Å². The smallest absolute Gasteiger partial charge is 0.119 e. The van der Waals surface area contributed by atoms with Gasteiger partial charge < -0.3 is 15.5 Å². The van der Waals surface area contributed by atoms with Crippen LogP contribution in [0.4, 0.5) is 0 Å². The van der Waals surface area contributed by atoms with Crippen molar-refractivity contribution in [3.05, 3.63) is 30.0 Å². The largest absolute Gasteiger partial charge is 0.497 e. The van der Waals surface area contributed by atoms with E-state index in [0.717, 1.165) is 11.3 Å². The first-order valence-electron chi connectivity index (χ1n) is 5.11. The molecule has 2 aromatic rings. The van der Waals surface area contributed by atoms with E-state index in [1.165, 1.54) is 10.9 Å². The summed E-state index contributed by atoms with van der Waals surface area (Å²) in [6, 6.07) is 6.03. The van der Waals surface area contributed by atoms with Crippen LogP contribution < -0.4 is 10.5 Å². The fourth-order valence-corrected chi connectivity index (χ4v) is 1.78. The van der Waals surface area contributed by atoms with E-state index in [1.54, 1.807) is 7.11 Å². The number of aromatic amines is 1. The molecule has 1 aromatic heterocycles. The summed E-state index contributed by atoms with van der Waals surface area (Å²) in [4.78, 5) is 3.24. The van der Waals surface area contributed by atoms with Crippen LogP contribution in [-0.2, 0) is 0 Å². The zero-order valence-electron chi connectivity index (χ0n) is 9.08. The van der Waals surface area contributed by atoms with E-state index in [2.05, 4.69) is 11.9 Å². The summed E-state index contributed by atoms with van der Waals surface area (Å²) in [5, 5.41) is 1.20. The predicted molar refractivity (Wildman–Crippen MR) is 62.3 cm³/mol. The molecule has 0 saturated carbocycles. The standard InChI is InChI=1S/C12H16N2O/c1-8(6-13)11-7-14-12-4-3-9(15-2)5-10(11)12/h3-5,7-8,14H,6,13H2,1-2H3/t8-/m0/s1. The monoisotopic (exact) mass is 204 g/mol. The van der Waals surface area contributed by atoms with Gasteiger partial charge in [0.2, 0.25) is 0 Å². The van der Waals surface area contributed by atoms with Gasteiger partial charge in [0.15, 0.2) is 0 Å². The third-order valence-electron chi connectivity index (χ3n) is 2.81. The molecule has 0 fully saturated rings. The molecular weight excluding hydrogens is 188 g/mol. The molecule has 3 N–H and O–H groups in total. The normalized spacial score (nSPS) is 13.0. The highest BCUT2D eigenvalue weighted by molar-refractivity contribution is 5.85. The number of rotatable bonds is 3. The Morgan fingerprint density at radius 2 is 2.27 bits per heavy atom. The van der Waals surface area contributed by atoms with Crippen LogP contribution in [0.5, 0.6) is 5.75 Å². The topological polar surface area (TPSA) is 51.0 Å². The van der Waals surface area contributed by atoms with Gasteiger partial charge in [-0.2, -0.15) is 0 Å². The van der Waals surface area contributed by atoms with Crippen LogP contribution in [0.25, 0.3) is 10.9 Å². The van der Waals surface area contributed by atoms with E-state index in [1.807, 2.05) is 24.4 Å². The van der Waals surface area contributed by atoms with Crippen molar-refractivity contribution in [2.24, 2.45) is 5.73 Å². The first-order chi connectivity index (χ1) is 7.26. The molecule has 1 heterocycles. The van der Waals surface area contributed by atoms with Crippen molar-refractivity contribution in [1.82, 2.24) is 4.98 Å². The number of aromatic nitrogens is 1. The second-order valence-corrected chi connectivity index (χ2v) is 3.79. The van der Waals surface area contributed by atoms with Crippen LogP contribution in [0.2, 0.25) is 0 Å². The summed E-state index contributed by atoms with van der Waals surface area (Å²) < 4.78 is 5.21. The Morgan fingerprint density at radius 1 is 1.47 bits per heavy atom. The number of fused-ring (bicyclic) bond motifs is 1. The Labute approximate surface area is 89.2 Å². The Morgan fingerprint density at radius 3 is 2.93 bits per heavy atom. The van der Waals surface area contributed by atoms with E-state index in [0.29, 0.717) is 12.5 Å². The van der Waals surface area contributed by atoms with Crippen molar-refractivity contribution in [3.63, 3.8) is 0 Å². The van der Waals surface area contributed by atoms with Crippen LogP contribution in [0.3, 0.4) is 0 Å². The number of nitrogens with one attached hydrogen (secondary N) is 1. The minimum absolute atomic E-state index is 0.367.